The summed E-state index contributed by atoms with van der Waals surface area (Å²) in [5.41, 5.74) is 2.09. The predicted molar refractivity (Wildman–Crippen MR) is 128 cm³/mol. The first kappa shape index (κ1) is 24.9. The Morgan fingerprint density at radius 2 is 1.77 bits per heavy atom. The number of hydrogen-bond acceptors (Lipinski definition) is 5. The van der Waals surface area contributed by atoms with Crippen LogP contribution in [0, 0.1) is 11.6 Å². The number of halogens is 2. The van der Waals surface area contributed by atoms with Crippen LogP contribution in [-0.2, 0) is 16.8 Å². The molecule has 4 rings (SSSR count). The lowest BCUT2D eigenvalue weighted by atomic mass is 9.76. The second kappa shape index (κ2) is 11.0. The van der Waals surface area contributed by atoms with Gasteiger partial charge in [-0.25, -0.2) is 8.78 Å². The number of benzene rings is 2. The van der Waals surface area contributed by atoms with E-state index in [1.165, 1.54) is 19.1 Å². The van der Waals surface area contributed by atoms with Crippen LogP contribution in [0.2, 0.25) is 0 Å². The Labute approximate surface area is 203 Å². The number of aliphatic hydroxyl groups is 1. The minimum atomic E-state index is -0.968. The van der Waals surface area contributed by atoms with Gasteiger partial charge in [0.05, 0.1) is 12.1 Å². The van der Waals surface area contributed by atoms with Crippen molar-refractivity contribution in [1.82, 2.24) is 25.4 Å². The van der Waals surface area contributed by atoms with Crippen LogP contribution in [0.4, 0.5) is 8.78 Å². The average molecular weight is 484 g/mol. The Balaban J connectivity index is 1.53. The number of hydrogen-bond donors (Lipinski definition) is 3. The zero-order chi connectivity index (χ0) is 24.8. The third-order valence-electron chi connectivity index (χ3n) is 6.70. The second-order valence-electron chi connectivity index (χ2n) is 9.30. The van der Waals surface area contributed by atoms with Crippen LogP contribution in [-0.4, -0.2) is 44.5 Å². The van der Waals surface area contributed by atoms with E-state index in [0.29, 0.717) is 5.56 Å². The Morgan fingerprint density at radius 3 is 2.43 bits per heavy atom. The highest BCUT2D eigenvalue weighted by Crippen LogP contribution is 2.38. The van der Waals surface area contributed by atoms with E-state index in [9.17, 15) is 18.7 Å². The SMILES string of the molecule is CC(=O)NC(Cc1cc(F)cc(F)c1)C(O)CNC1(c2cccc(-n3cnnc3)c2)CCCCC1. The van der Waals surface area contributed by atoms with E-state index in [-0.39, 0.29) is 24.4 Å². The Kier molecular flexibility index (Phi) is 7.87. The molecule has 186 valence electrons. The largest absolute Gasteiger partial charge is 0.390 e. The molecular formula is C26H31F2N5O2. The highest BCUT2D eigenvalue weighted by molar-refractivity contribution is 5.73. The van der Waals surface area contributed by atoms with Crippen molar-refractivity contribution < 1.29 is 18.7 Å². The van der Waals surface area contributed by atoms with E-state index >= 15 is 0 Å². The molecule has 1 aliphatic rings. The molecule has 35 heavy (non-hydrogen) atoms. The highest BCUT2D eigenvalue weighted by Gasteiger charge is 2.35. The molecule has 0 aliphatic heterocycles. The van der Waals surface area contributed by atoms with E-state index < -0.39 is 23.8 Å². The van der Waals surface area contributed by atoms with Gasteiger partial charge in [-0.2, -0.15) is 0 Å². The smallest absolute Gasteiger partial charge is 0.217 e. The molecule has 0 saturated heterocycles. The molecule has 1 amide bonds. The lowest BCUT2D eigenvalue weighted by molar-refractivity contribution is -0.120. The number of nitrogens with zero attached hydrogens (tertiary/aromatic N) is 3. The number of aliphatic hydroxyl groups excluding tert-OH is 1. The first-order chi connectivity index (χ1) is 16.8. The van der Waals surface area contributed by atoms with Crippen LogP contribution in [0.25, 0.3) is 5.69 Å². The Bertz CT molecular complexity index is 1110. The minimum absolute atomic E-state index is 0.104. The Hall–Kier alpha value is -3.17. The van der Waals surface area contributed by atoms with Gasteiger partial charge in [-0.05, 0) is 54.7 Å². The number of carbonyl (C=O) groups excluding carboxylic acids is 1. The molecule has 2 atom stereocenters. The van der Waals surface area contributed by atoms with Gasteiger partial charge >= 0.3 is 0 Å². The summed E-state index contributed by atoms with van der Waals surface area (Å²) in [6.45, 7) is 1.57. The fraction of sp³-hybridized carbons (Fsp3) is 0.423. The molecule has 1 heterocycles. The number of nitrogens with one attached hydrogen (secondary N) is 2. The molecule has 0 spiro atoms. The van der Waals surface area contributed by atoms with Crippen LogP contribution >= 0.6 is 0 Å². The third kappa shape index (κ3) is 6.29. The second-order valence-corrected chi connectivity index (χ2v) is 9.30. The van der Waals surface area contributed by atoms with Crippen molar-refractivity contribution in [1.29, 1.82) is 0 Å². The van der Waals surface area contributed by atoms with Crippen LogP contribution in [0.5, 0.6) is 0 Å². The molecule has 1 fully saturated rings. The molecule has 7 nitrogen and oxygen atoms in total. The van der Waals surface area contributed by atoms with Gasteiger partial charge in [-0.1, -0.05) is 31.4 Å². The van der Waals surface area contributed by atoms with Gasteiger partial charge in [0.1, 0.15) is 24.3 Å². The standard InChI is InChI=1S/C26H31F2N5O2/c1-18(34)32-24(12-19-10-21(27)14-22(28)11-19)25(35)15-29-26(8-3-2-4-9-26)20-6-5-7-23(13-20)33-16-30-31-17-33/h5-7,10-11,13-14,16-17,24-25,29,35H,2-4,8-9,12,15H2,1H3,(H,32,34). The van der Waals surface area contributed by atoms with Crippen molar-refractivity contribution >= 4 is 5.91 Å². The monoisotopic (exact) mass is 483 g/mol. The van der Waals surface area contributed by atoms with Crippen molar-refractivity contribution in [2.24, 2.45) is 0 Å². The quantitative estimate of drug-likeness (QED) is 0.434. The first-order valence-electron chi connectivity index (χ1n) is 12.0. The summed E-state index contributed by atoms with van der Waals surface area (Å²) in [7, 11) is 0. The fourth-order valence-corrected chi connectivity index (χ4v) is 4.99. The van der Waals surface area contributed by atoms with Gasteiger partial charge in [0.25, 0.3) is 0 Å². The number of rotatable bonds is 9. The van der Waals surface area contributed by atoms with Crippen molar-refractivity contribution in [3.8, 4) is 5.69 Å². The summed E-state index contributed by atoms with van der Waals surface area (Å²) >= 11 is 0. The lowest BCUT2D eigenvalue weighted by Gasteiger charge is -2.40. The van der Waals surface area contributed by atoms with Crippen LogP contribution in [0.15, 0.2) is 55.1 Å². The highest BCUT2D eigenvalue weighted by atomic mass is 19.1. The van der Waals surface area contributed by atoms with E-state index in [0.717, 1.165) is 49.4 Å². The summed E-state index contributed by atoms with van der Waals surface area (Å²) in [6, 6.07) is 10.7. The van der Waals surface area contributed by atoms with Gasteiger partial charge < -0.3 is 15.7 Å². The third-order valence-corrected chi connectivity index (χ3v) is 6.70. The summed E-state index contributed by atoms with van der Waals surface area (Å²) < 4.78 is 29.2. The van der Waals surface area contributed by atoms with Gasteiger partial charge in [0.15, 0.2) is 0 Å². The average Bonchev–Trinajstić information content (AvgIpc) is 3.37. The normalized spacial score (nSPS) is 17.0. The van der Waals surface area contributed by atoms with Gasteiger partial charge in [-0.3, -0.25) is 9.36 Å². The maximum Gasteiger partial charge on any atom is 0.217 e. The van der Waals surface area contributed by atoms with E-state index in [4.69, 9.17) is 0 Å². The van der Waals surface area contributed by atoms with E-state index in [1.54, 1.807) is 12.7 Å². The predicted octanol–water partition coefficient (Wildman–Crippen LogP) is 3.40. The summed E-state index contributed by atoms with van der Waals surface area (Å²) in [6.07, 6.45) is 7.51. The van der Waals surface area contributed by atoms with Crippen molar-refractivity contribution in [2.75, 3.05) is 6.54 Å². The number of amides is 1. The molecule has 1 saturated carbocycles. The minimum Gasteiger partial charge on any atom is -0.390 e. The summed E-state index contributed by atoms with van der Waals surface area (Å²) in [5, 5.41) is 25.2. The van der Waals surface area contributed by atoms with Gasteiger partial charge in [-0.15, -0.1) is 10.2 Å². The molecule has 0 radical (unpaired) electrons. The summed E-state index contributed by atoms with van der Waals surface area (Å²) in [4.78, 5) is 11.8. The molecule has 3 N–H and O–H groups in total. The molecule has 2 aromatic carbocycles. The molecule has 0 bridgehead atoms. The molecule has 1 aromatic heterocycles. The molecule has 2 unspecified atom stereocenters. The molecular weight excluding hydrogens is 452 g/mol. The van der Waals surface area contributed by atoms with Crippen molar-refractivity contribution in [3.63, 3.8) is 0 Å². The maximum absolute atomic E-state index is 13.7. The van der Waals surface area contributed by atoms with Crippen LogP contribution in [0.3, 0.4) is 0 Å². The van der Waals surface area contributed by atoms with E-state index in [1.807, 2.05) is 16.7 Å². The lowest BCUT2D eigenvalue weighted by Crippen LogP contribution is -2.53. The molecule has 9 heteroatoms. The Morgan fingerprint density at radius 1 is 1.09 bits per heavy atom. The number of carbonyl (C=O) groups is 1. The fourth-order valence-electron chi connectivity index (χ4n) is 4.99. The first-order valence-corrected chi connectivity index (χ1v) is 12.0. The van der Waals surface area contributed by atoms with Crippen LogP contribution in [0.1, 0.15) is 50.2 Å². The van der Waals surface area contributed by atoms with Gasteiger partial charge in [0, 0.05) is 30.8 Å². The molecule has 1 aliphatic carbocycles. The maximum atomic E-state index is 13.7. The van der Waals surface area contributed by atoms with Crippen molar-refractivity contribution in [2.45, 2.75) is 63.1 Å². The van der Waals surface area contributed by atoms with Gasteiger partial charge in [0.2, 0.25) is 5.91 Å². The topological polar surface area (TPSA) is 92.1 Å². The zero-order valence-electron chi connectivity index (χ0n) is 19.8. The molecule has 3 aromatic rings. The van der Waals surface area contributed by atoms with Crippen LogP contribution < -0.4 is 10.6 Å². The summed E-state index contributed by atoms with van der Waals surface area (Å²) in [5.74, 6) is -1.70. The zero-order valence-corrected chi connectivity index (χ0v) is 19.8. The van der Waals surface area contributed by atoms with Crippen molar-refractivity contribution in [3.05, 3.63) is 77.9 Å². The van der Waals surface area contributed by atoms with E-state index in [2.05, 4.69) is 33.0 Å². The number of aromatic nitrogens is 3.